The van der Waals surface area contributed by atoms with Crippen LogP contribution >= 0.6 is 0 Å². The van der Waals surface area contributed by atoms with Crippen molar-refractivity contribution in [2.75, 3.05) is 6.61 Å². The van der Waals surface area contributed by atoms with Crippen LogP contribution in [0.25, 0.3) is 0 Å². The van der Waals surface area contributed by atoms with Crippen molar-refractivity contribution >= 4 is 0 Å². The SMILES string of the molecule is CCOc1cccnc1OC1CC(N)C1. The molecule has 4 nitrogen and oxygen atoms in total. The molecule has 82 valence electrons. The third-order valence-corrected chi connectivity index (χ3v) is 2.45. The fourth-order valence-electron chi connectivity index (χ4n) is 1.59. The first-order valence-corrected chi connectivity index (χ1v) is 5.29. The van der Waals surface area contributed by atoms with Gasteiger partial charge >= 0.3 is 0 Å². The average molecular weight is 208 g/mol. The van der Waals surface area contributed by atoms with Crippen molar-refractivity contribution in [1.82, 2.24) is 4.98 Å². The van der Waals surface area contributed by atoms with Crippen LogP contribution in [0.15, 0.2) is 18.3 Å². The third-order valence-electron chi connectivity index (χ3n) is 2.45. The summed E-state index contributed by atoms with van der Waals surface area (Å²) < 4.78 is 11.1. The molecule has 2 rings (SSSR count). The molecule has 2 N–H and O–H groups in total. The highest BCUT2D eigenvalue weighted by Crippen LogP contribution is 2.29. The Morgan fingerprint density at radius 1 is 1.53 bits per heavy atom. The molecule has 0 unspecified atom stereocenters. The maximum Gasteiger partial charge on any atom is 0.257 e. The zero-order valence-electron chi connectivity index (χ0n) is 8.85. The maximum absolute atomic E-state index is 5.69. The summed E-state index contributed by atoms with van der Waals surface area (Å²) >= 11 is 0. The fraction of sp³-hybridized carbons (Fsp3) is 0.545. The van der Waals surface area contributed by atoms with Crippen LogP contribution in [0, 0.1) is 0 Å². The second kappa shape index (κ2) is 4.49. The average Bonchev–Trinajstić information content (AvgIpc) is 2.19. The van der Waals surface area contributed by atoms with E-state index in [-0.39, 0.29) is 12.1 Å². The molecule has 0 saturated heterocycles. The molecule has 1 aromatic rings. The molecule has 0 atom stereocenters. The van der Waals surface area contributed by atoms with Gasteiger partial charge in [0.2, 0.25) is 0 Å². The highest BCUT2D eigenvalue weighted by Gasteiger charge is 2.28. The van der Waals surface area contributed by atoms with Gasteiger partial charge in [0, 0.05) is 12.2 Å². The lowest BCUT2D eigenvalue weighted by atomic mass is 9.90. The summed E-state index contributed by atoms with van der Waals surface area (Å²) in [6.07, 6.45) is 3.72. The number of nitrogens with two attached hydrogens (primary N) is 1. The monoisotopic (exact) mass is 208 g/mol. The Balaban J connectivity index is 2.00. The number of rotatable bonds is 4. The molecular formula is C11H16N2O2. The standard InChI is InChI=1S/C11H16N2O2/c1-2-14-10-4-3-5-13-11(10)15-9-6-8(12)7-9/h3-5,8-9H,2,6-7,12H2,1H3. The largest absolute Gasteiger partial charge is 0.488 e. The number of ether oxygens (including phenoxy) is 2. The van der Waals surface area contributed by atoms with Crippen molar-refractivity contribution in [2.45, 2.75) is 31.9 Å². The lowest BCUT2D eigenvalue weighted by molar-refractivity contribution is 0.0911. The first-order chi connectivity index (χ1) is 7.29. The van der Waals surface area contributed by atoms with Crippen molar-refractivity contribution in [3.05, 3.63) is 18.3 Å². The quantitative estimate of drug-likeness (QED) is 0.811. The Morgan fingerprint density at radius 3 is 3.00 bits per heavy atom. The van der Waals surface area contributed by atoms with Gasteiger partial charge in [-0.05, 0) is 31.9 Å². The van der Waals surface area contributed by atoms with Crippen molar-refractivity contribution in [3.63, 3.8) is 0 Å². The number of nitrogens with zero attached hydrogens (tertiary/aromatic N) is 1. The highest BCUT2D eigenvalue weighted by atomic mass is 16.5. The molecule has 1 heterocycles. The van der Waals surface area contributed by atoms with E-state index in [2.05, 4.69) is 4.98 Å². The summed E-state index contributed by atoms with van der Waals surface area (Å²) in [5.41, 5.74) is 5.69. The van der Waals surface area contributed by atoms with Gasteiger partial charge in [0.1, 0.15) is 6.10 Å². The number of hydrogen-bond donors (Lipinski definition) is 1. The smallest absolute Gasteiger partial charge is 0.257 e. The first-order valence-electron chi connectivity index (χ1n) is 5.29. The van der Waals surface area contributed by atoms with E-state index in [4.69, 9.17) is 15.2 Å². The predicted octanol–water partition coefficient (Wildman–Crippen LogP) is 1.35. The summed E-state index contributed by atoms with van der Waals surface area (Å²) in [5, 5.41) is 0. The second-order valence-corrected chi connectivity index (χ2v) is 3.71. The summed E-state index contributed by atoms with van der Waals surface area (Å²) in [6.45, 7) is 2.56. The van der Waals surface area contributed by atoms with Crippen LogP contribution in [0.1, 0.15) is 19.8 Å². The van der Waals surface area contributed by atoms with Crippen LogP contribution in [0.2, 0.25) is 0 Å². The molecule has 1 fully saturated rings. The Hall–Kier alpha value is -1.29. The molecule has 4 heteroatoms. The lowest BCUT2D eigenvalue weighted by Gasteiger charge is -2.32. The van der Waals surface area contributed by atoms with Gasteiger partial charge in [-0.15, -0.1) is 0 Å². The number of aromatic nitrogens is 1. The molecule has 1 aliphatic rings. The third kappa shape index (κ3) is 2.39. The van der Waals surface area contributed by atoms with E-state index in [1.54, 1.807) is 6.20 Å². The second-order valence-electron chi connectivity index (χ2n) is 3.71. The zero-order chi connectivity index (χ0) is 10.7. The Kier molecular flexibility index (Phi) is 3.06. The van der Waals surface area contributed by atoms with Crippen LogP contribution < -0.4 is 15.2 Å². The van der Waals surface area contributed by atoms with Gasteiger partial charge in [-0.2, -0.15) is 0 Å². The minimum absolute atomic E-state index is 0.203. The van der Waals surface area contributed by atoms with Gasteiger partial charge in [-0.3, -0.25) is 0 Å². The van der Waals surface area contributed by atoms with E-state index in [0.717, 1.165) is 12.8 Å². The van der Waals surface area contributed by atoms with Crippen molar-refractivity contribution in [1.29, 1.82) is 0 Å². The van der Waals surface area contributed by atoms with Gasteiger partial charge in [-0.1, -0.05) is 0 Å². The predicted molar refractivity (Wildman–Crippen MR) is 57.0 cm³/mol. The number of hydrogen-bond acceptors (Lipinski definition) is 4. The van der Waals surface area contributed by atoms with Crippen LogP contribution in [-0.2, 0) is 0 Å². The molecule has 1 aliphatic carbocycles. The Morgan fingerprint density at radius 2 is 2.33 bits per heavy atom. The minimum atomic E-state index is 0.203. The van der Waals surface area contributed by atoms with E-state index in [1.165, 1.54) is 0 Å². The molecule has 0 aliphatic heterocycles. The zero-order valence-corrected chi connectivity index (χ0v) is 8.85. The molecule has 0 spiro atoms. The highest BCUT2D eigenvalue weighted by molar-refractivity contribution is 5.32. The topological polar surface area (TPSA) is 57.4 Å². The normalized spacial score (nSPS) is 24.4. The molecule has 0 amide bonds. The van der Waals surface area contributed by atoms with Gasteiger partial charge < -0.3 is 15.2 Å². The van der Waals surface area contributed by atoms with Gasteiger partial charge in [-0.25, -0.2) is 4.98 Å². The lowest BCUT2D eigenvalue weighted by Crippen LogP contribution is -2.43. The molecular weight excluding hydrogens is 192 g/mol. The van der Waals surface area contributed by atoms with Crippen LogP contribution in [0.4, 0.5) is 0 Å². The maximum atomic E-state index is 5.69. The van der Waals surface area contributed by atoms with Gasteiger partial charge in [0.25, 0.3) is 5.88 Å². The molecule has 1 saturated carbocycles. The van der Waals surface area contributed by atoms with E-state index in [0.29, 0.717) is 18.2 Å². The molecule has 15 heavy (non-hydrogen) atoms. The van der Waals surface area contributed by atoms with Crippen LogP contribution in [0.3, 0.4) is 0 Å². The van der Waals surface area contributed by atoms with Crippen molar-refractivity contribution < 1.29 is 9.47 Å². The summed E-state index contributed by atoms with van der Waals surface area (Å²) in [7, 11) is 0. The minimum Gasteiger partial charge on any atom is -0.488 e. The molecule has 0 radical (unpaired) electrons. The molecule has 0 bridgehead atoms. The van der Waals surface area contributed by atoms with E-state index >= 15 is 0 Å². The van der Waals surface area contributed by atoms with Gasteiger partial charge in [0.15, 0.2) is 5.75 Å². The fourth-order valence-corrected chi connectivity index (χ4v) is 1.59. The van der Waals surface area contributed by atoms with E-state index in [9.17, 15) is 0 Å². The molecule has 1 aromatic heterocycles. The summed E-state index contributed by atoms with van der Waals surface area (Å²) in [6, 6.07) is 3.99. The van der Waals surface area contributed by atoms with E-state index < -0.39 is 0 Å². The van der Waals surface area contributed by atoms with Crippen LogP contribution in [0.5, 0.6) is 11.6 Å². The summed E-state index contributed by atoms with van der Waals surface area (Å²) in [5.74, 6) is 1.29. The number of pyridine rings is 1. The molecule has 0 aromatic carbocycles. The van der Waals surface area contributed by atoms with E-state index in [1.807, 2.05) is 19.1 Å². The van der Waals surface area contributed by atoms with Crippen LogP contribution in [-0.4, -0.2) is 23.7 Å². The van der Waals surface area contributed by atoms with Gasteiger partial charge in [0.05, 0.1) is 6.61 Å². The summed E-state index contributed by atoms with van der Waals surface area (Å²) in [4.78, 5) is 4.16. The Bertz CT molecular complexity index is 324. The Labute approximate surface area is 89.4 Å². The van der Waals surface area contributed by atoms with Crippen molar-refractivity contribution in [3.8, 4) is 11.6 Å². The first kappa shape index (κ1) is 10.2. The van der Waals surface area contributed by atoms with Crippen molar-refractivity contribution in [2.24, 2.45) is 5.73 Å².